The molecule has 1 fully saturated rings. The van der Waals surface area contributed by atoms with E-state index in [1.807, 2.05) is 18.2 Å². The van der Waals surface area contributed by atoms with Crippen molar-refractivity contribution in [1.29, 1.82) is 0 Å². The summed E-state index contributed by atoms with van der Waals surface area (Å²) in [6, 6.07) is 8.03. The van der Waals surface area contributed by atoms with E-state index in [0.29, 0.717) is 0 Å². The predicted molar refractivity (Wildman–Crippen MR) is 82.5 cm³/mol. The Morgan fingerprint density at radius 1 is 1.33 bits per heavy atom. The van der Waals surface area contributed by atoms with Crippen molar-refractivity contribution in [2.45, 2.75) is 39.2 Å². The molecule has 0 radical (unpaired) electrons. The van der Waals surface area contributed by atoms with Crippen LogP contribution in [0.2, 0.25) is 0 Å². The number of piperidine rings is 1. The van der Waals surface area contributed by atoms with Gasteiger partial charge >= 0.3 is 5.97 Å². The summed E-state index contributed by atoms with van der Waals surface area (Å²) >= 11 is 0. The van der Waals surface area contributed by atoms with Gasteiger partial charge in [0.15, 0.2) is 0 Å². The van der Waals surface area contributed by atoms with Crippen LogP contribution in [0.15, 0.2) is 24.3 Å². The number of benzene rings is 1. The highest BCUT2D eigenvalue weighted by Crippen LogP contribution is 2.37. The van der Waals surface area contributed by atoms with Gasteiger partial charge in [0.1, 0.15) is 5.75 Å². The third-order valence-electron chi connectivity index (χ3n) is 4.58. The molecule has 1 heterocycles. The minimum atomic E-state index is -0.624. The number of aliphatic carboxylic acids is 1. The van der Waals surface area contributed by atoms with Gasteiger partial charge in [-0.1, -0.05) is 31.5 Å². The number of nitrogens with zero attached hydrogens (tertiary/aromatic N) is 1. The highest BCUT2D eigenvalue weighted by molar-refractivity contribution is 5.74. The Bertz CT molecular complexity index is 479. The van der Waals surface area contributed by atoms with Gasteiger partial charge in [-0.3, -0.25) is 9.69 Å². The fourth-order valence-corrected chi connectivity index (χ4v) is 3.26. The lowest BCUT2D eigenvalue weighted by atomic mass is 9.75. The molecule has 0 unspecified atom stereocenters. The van der Waals surface area contributed by atoms with E-state index in [0.717, 1.165) is 51.1 Å². The van der Waals surface area contributed by atoms with E-state index in [1.165, 1.54) is 5.56 Å². The van der Waals surface area contributed by atoms with Crippen molar-refractivity contribution in [3.63, 3.8) is 0 Å². The number of carboxylic acid groups (broad SMARTS) is 1. The van der Waals surface area contributed by atoms with Crippen LogP contribution in [0.5, 0.6) is 5.75 Å². The van der Waals surface area contributed by atoms with E-state index < -0.39 is 11.4 Å². The topological polar surface area (TPSA) is 49.8 Å². The third-order valence-corrected chi connectivity index (χ3v) is 4.58. The van der Waals surface area contributed by atoms with E-state index in [-0.39, 0.29) is 0 Å². The molecule has 0 spiro atoms. The van der Waals surface area contributed by atoms with E-state index in [9.17, 15) is 9.90 Å². The predicted octanol–water partition coefficient (Wildman–Crippen LogP) is 3.16. The summed E-state index contributed by atoms with van der Waals surface area (Å²) in [5.74, 6) is 0.280. The molecule has 2 rings (SSSR count). The van der Waals surface area contributed by atoms with Crippen LogP contribution in [0.4, 0.5) is 0 Å². The summed E-state index contributed by atoms with van der Waals surface area (Å²) in [6.45, 7) is 4.56. The number of carbonyl (C=O) groups is 1. The number of hydrogen-bond donors (Lipinski definition) is 1. The van der Waals surface area contributed by atoms with Crippen molar-refractivity contribution < 1.29 is 14.6 Å². The number of carboxylic acids is 1. The van der Waals surface area contributed by atoms with Crippen LogP contribution in [0, 0.1) is 5.41 Å². The Morgan fingerprint density at radius 2 is 2.00 bits per heavy atom. The summed E-state index contributed by atoms with van der Waals surface area (Å²) in [7, 11) is 1.69. The smallest absolute Gasteiger partial charge is 0.309 e. The molecular formula is C17H25NO3. The quantitative estimate of drug-likeness (QED) is 0.874. The van der Waals surface area contributed by atoms with Gasteiger partial charge in [0.2, 0.25) is 0 Å². The molecule has 4 nitrogen and oxygen atoms in total. The van der Waals surface area contributed by atoms with Gasteiger partial charge < -0.3 is 9.84 Å². The molecule has 0 aliphatic carbocycles. The fraction of sp³-hybridized carbons (Fsp3) is 0.588. The van der Waals surface area contributed by atoms with Crippen molar-refractivity contribution in [2.24, 2.45) is 5.41 Å². The first-order valence-electron chi connectivity index (χ1n) is 7.69. The van der Waals surface area contributed by atoms with Gasteiger partial charge in [0.25, 0.3) is 0 Å². The summed E-state index contributed by atoms with van der Waals surface area (Å²) in [5.41, 5.74) is 0.657. The zero-order chi connectivity index (χ0) is 15.3. The average Bonchev–Trinajstić information content (AvgIpc) is 2.50. The Kier molecular flexibility index (Phi) is 5.23. The van der Waals surface area contributed by atoms with Crippen LogP contribution < -0.4 is 4.74 Å². The Balaban J connectivity index is 1.99. The number of rotatable bonds is 6. The summed E-state index contributed by atoms with van der Waals surface area (Å²) in [5, 5.41) is 9.54. The number of likely N-dealkylation sites (tertiary alicyclic amines) is 1. The van der Waals surface area contributed by atoms with E-state index in [2.05, 4.69) is 17.9 Å². The Labute approximate surface area is 126 Å². The number of hydrogen-bond acceptors (Lipinski definition) is 3. The molecule has 21 heavy (non-hydrogen) atoms. The van der Waals surface area contributed by atoms with E-state index >= 15 is 0 Å². The molecule has 1 N–H and O–H groups in total. The number of methoxy groups -OCH3 is 1. The van der Waals surface area contributed by atoms with Gasteiger partial charge in [0, 0.05) is 12.1 Å². The van der Waals surface area contributed by atoms with Gasteiger partial charge in [-0.15, -0.1) is 0 Å². The first-order chi connectivity index (χ1) is 10.1. The highest BCUT2D eigenvalue weighted by atomic mass is 16.5. The van der Waals surface area contributed by atoms with Gasteiger partial charge in [-0.05, 0) is 38.4 Å². The maximum absolute atomic E-state index is 11.6. The molecule has 0 bridgehead atoms. The molecule has 4 heteroatoms. The van der Waals surface area contributed by atoms with Gasteiger partial charge in [0.05, 0.1) is 12.5 Å². The molecule has 116 valence electrons. The molecule has 1 aromatic rings. The monoisotopic (exact) mass is 291 g/mol. The van der Waals surface area contributed by atoms with E-state index in [4.69, 9.17) is 4.74 Å². The maximum Gasteiger partial charge on any atom is 0.309 e. The minimum Gasteiger partial charge on any atom is -0.496 e. The van der Waals surface area contributed by atoms with E-state index in [1.54, 1.807) is 7.11 Å². The second-order valence-electron chi connectivity index (χ2n) is 5.92. The summed E-state index contributed by atoms with van der Waals surface area (Å²) in [6.07, 6.45) is 3.19. The molecule has 0 saturated carbocycles. The molecule has 1 aliphatic rings. The lowest BCUT2D eigenvalue weighted by molar-refractivity contribution is -0.152. The van der Waals surface area contributed by atoms with Gasteiger partial charge in [-0.25, -0.2) is 0 Å². The second-order valence-corrected chi connectivity index (χ2v) is 5.92. The zero-order valence-corrected chi connectivity index (χ0v) is 13.0. The van der Waals surface area contributed by atoms with Crippen LogP contribution in [-0.2, 0) is 11.3 Å². The highest BCUT2D eigenvalue weighted by Gasteiger charge is 2.40. The van der Waals surface area contributed by atoms with Crippen LogP contribution >= 0.6 is 0 Å². The molecule has 0 aromatic heterocycles. The number of ether oxygens (including phenoxy) is 1. The summed E-state index contributed by atoms with van der Waals surface area (Å²) < 4.78 is 5.38. The second kappa shape index (κ2) is 6.94. The lowest BCUT2D eigenvalue weighted by Gasteiger charge is -2.39. The first-order valence-corrected chi connectivity index (χ1v) is 7.69. The van der Waals surface area contributed by atoms with Gasteiger partial charge in [-0.2, -0.15) is 0 Å². The van der Waals surface area contributed by atoms with Crippen LogP contribution in [0.25, 0.3) is 0 Å². The van der Waals surface area contributed by atoms with Crippen molar-refractivity contribution >= 4 is 5.97 Å². The van der Waals surface area contributed by atoms with Crippen molar-refractivity contribution in [1.82, 2.24) is 4.90 Å². The molecular weight excluding hydrogens is 266 g/mol. The van der Waals surface area contributed by atoms with Crippen LogP contribution in [-0.4, -0.2) is 36.2 Å². The Morgan fingerprint density at radius 3 is 2.57 bits per heavy atom. The molecule has 0 atom stereocenters. The average molecular weight is 291 g/mol. The maximum atomic E-state index is 11.6. The fourth-order valence-electron chi connectivity index (χ4n) is 3.26. The lowest BCUT2D eigenvalue weighted by Crippen LogP contribution is -2.44. The molecule has 1 aromatic carbocycles. The van der Waals surface area contributed by atoms with Crippen molar-refractivity contribution in [3.8, 4) is 5.75 Å². The first kappa shape index (κ1) is 15.8. The minimum absolute atomic E-state index is 0.508. The largest absolute Gasteiger partial charge is 0.496 e. The zero-order valence-electron chi connectivity index (χ0n) is 13.0. The molecule has 0 amide bonds. The summed E-state index contributed by atoms with van der Waals surface area (Å²) in [4.78, 5) is 13.9. The van der Waals surface area contributed by atoms with Crippen LogP contribution in [0.1, 0.15) is 38.2 Å². The normalized spacial score (nSPS) is 18.4. The van der Waals surface area contributed by atoms with Crippen LogP contribution in [0.3, 0.4) is 0 Å². The molecule has 1 aliphatic heterocycles. The standard InChI is InChI=1S/C17H25NO3/c1-3-8-17(16(19)20)9-11-18(12-10-17)13-14-6-4-5-7-15(14)21-2/h4-7H,3,8-13H2,1-2H3,(H,19,20). The Hall–Kier alpha value is -1.55. The van der Waals surface area contributed by atoms with Crippen molar-refractivity contribution in [3.05, 3.63) is 29.8 Å². The SMILES string of the molecule is CCCC1(C(=O)O)CCN(Cc2ccccc2OC)CC1. The number of para-hydroxylation sites is 1. The molecule has 1 saturated heterocycles. The third kappa shape index (κ3) is 3.56. The van der Waals surface area contributed by atoms with Crippen molar-refractivity contribution in [2.75, 3.05) is 20.2 Å².